The highest BCUT2D eigenvalue weighted by atomic mass is 16.6. The number of nitrogens with zero attached hydrogens (tertiary/aromatic N) is 1. The minimum Gasteiger partial charge on any atom is -0.444 e. The molecule has 0 aliphatic carbocycles. The van der Waals surface area contributed by atoms with Crippen molar-refractivity contribution in [3.63, 3.8) is 0 Å². The summed E-state index contributed by atoms with van der Waals surface area (Å²) in [4.78, 5) is 13.7. The third-order valence-electron chi connectivity index (χ3n) is 2.62. The van der Waals surface area contributed by atoms with Crippen LogP contribution in [0.25, 0.3) is 0 Å². The Morgan fingerprint density at radius 2 is 1.76 bits per heavy atom. The molecule has 118 valence electrons. The number of amides is 1. The molecule has 0 saturated carbocycles. The number of ether oxygens (including phenoxy) is 1. The summed E-state index contributed by atoms with van der Waals surface area (Å²) < 4.78 is 5.23. The maximum Gasteiger partial charge on any atom is 0.412 e. The van der Waals surface area contributed by atoms with Crippen LogP contribution < -0.4 is 10.2 Å². The SMILES string of the molecule is CC(C)(C)OC(=O)Nc1ccccc1N(CCO)CCO. The van der Waals surface area contributed by atoms with Gasteiger partial charge in [0.15, 0.2) is 0 Å². The van der Waals surface area contributed by atoms with Crippen molar-refractivity contribution in [2.24, 2.45) is 0 Å². The molecule has 6 heteroatoms. The first kappa shape index (κ1) is 17.3. The molecule has 0 spiro atoms. The first-order valence-electron chi connectivity index (χ1n) is 6.93. The summed E-state index contributed by atoms with van der Waals surface area (Å²) in [6.45, 7) is 6.04. The Balaban J connectivity index is 2.90. The number of aliphatic hydroxyl groups is 2. The lowest BCUT2D eigenvalue weighted by molar-refractivity contribution is 0.0636. The molecule has 0 atom stereocenters. The van der Waals surface area contributed by atoms with Crippen molar-refractivity contribution >= 4 is 17.5 Å². The van der Waals surface area contributed by atoms with Gasteiger partial charge in [0, 0.05) is 13.1 Å². The molecule has 21 heavy (non-hydrogen) atoms. The second-order valence-corrected chi connectivity index (χ2v) is 5.58. The highest BCUT2D eigenvalue weighted by Crippen LogP contribution is 2.26. The molecule has 1 amide bonds. The first-order valence-corrected chi connectivity index (χ1v) is 6.93. The van der Waals surface area contributed by atoms with Gasteiger partial charge in [-0.1, -0.05) is 12.1 Å². The smallest absolute Gasteiger partial charge is 0.412 e. The van der Waals surface area contributed by atoms with Crippen molar-refractivity contribution in [3.8, 4) is 0 Å². The maximum atomic E-state index is 11.9. The Hall–Kier alpha value is -1.79. The maximum absolute atomic E-state index is 11.9. The van der Waals surface area contributed by atoms with Crippen LogP contribution >= 0.6 is 0 Å². The quantitative estimate of drug-likeness (QED) is 0.746. The van der Waals surface area contributed by atoms with Gasteiger partial charge in [-0.2, -0.15) is 0 Å². The number of para-hydroxylation sites is 2. The fourth-order valence-electron chi connectivity index (χ4n) is 1.86. The van der Waals surface area contributed by atoms with Gasteiger partial charge in [0.2, 0.25) is 0 Å². The van der Waals surface area contributed by atoms with Crippen molar-refractivity contribution < 1.29 is 19.7 Å². The number of anilines is 2. The van der Waals surface area contributed by atoms with Crippen molar-refractivity contribution in [1.82, 2.24) is 0 Å². The van der Waals surface area contributed by atoms with E-state index >= 15 is 0 Å². The lowest BCUT2D eigenvalue weighted by atomic mass is 10.2. The number of hydrogen-bond acceptors (Lipinski definition) is 5. The number of rotatable bonds is 6. The Labute approximate surface area is 125 Å². The number of benzene rings is 1. The summed E-state index contributed by atoms with van der Waals surface area (Å²) in [7, 11) is 0. The minimum absolute atomic E-state index is 0.0409. The molecule has 0 bridgehead atoms. The molecule has 0 aliphatic rings. The number of carbonyl (C=O) groups excluding carboxylic acids is 1. The normalized spacial score (nSPS) is 11.1. The standard InChI is InChI=1S/C15H24N2O4/c1-15(2,3)21-14(20)16-12-6-4-5-7-13(12)17(8-10-18)9-11-19/h4-7,18-19H,8-11H2,1-3H3,(H,16,20). The largest absolute Gasteiger partial charge is 0.444 e. The lowest BCUT2D eigenvalue weighted by Gasteiger charge is -2.26. The molecule has 6 nitrogen and oxygen atoms in total. The second-order valence-electron chi connectivity index (χ2n) is 5.58. The number of carbonyl (C=O) groups is 1. The average molecular weight is 296 g/mol. The molecular weight excluding hydrogens is 272 g/mol. The molecule has 1 rings (SSSR count). The van der Waals surface area contributed by atoms with E-state index in [0.717, 1.165) is 5.69 Å². The van der Waals surface area contributed by atoms with Gasteiger partial charge in [-0.05, 0) is 32.9 Å². The van der Waals surface area contributed by atoms with Crippen LogP contribution in [-0.2, 0) is 4.74 Å². The zero-order valence-corrected chi connectivity index (χ0v) is 12.8. The fraction of sp³-hybridized carbons (Fsp3) is 0.533. The summed E-state index contributed by atoms with van der Waals surface area (Å²) in [5, 5.41) is 20.9. The van der Waals surface area contributed by atoms with Gasteiger partial charge >= 0.3 is 6.09 Å². The third-order valence-corrected chi connectivity index (χ3v) is 2.62. The molecule has 0 fully saturated rings. The van der Waals surface area contributed by atoms with Gasteiger partial charge in [-0.3, -0.25) is 5.32 Å². The molecule has 3 N–H and O–H groups in total. The molecule has 1 aromatic carbocycles. The number of aliphatic hydroxyl groups excluding tert-OH is 2. The monoisotopic (exact) mass is 296 g/mol. The van der Waals surface area contributed by atoms with Crippen LogP contribution in [0.3, 0.4) is 0 Å². The van der Waals surface area contributed by atoms with Crippen LogP contribution in [0.4, 0.5) is 16.2 Å². The van der Waals surface area contributed by atoms with Crippen molar-refractivity contribution in [2.45, 2.75) is 26.4 Å². The van der Waals surface area contributed by atoms with Crippen LogP contribution in [0.5, 0.6) is 0 Å². The van der Waals surface area contributed by atoms with E-state index in [4.69, 9.17) is 14.9 Å². The summed E-state index contributed by atoms with van der Waals surface area (Å²) in [5.41, 5.74) is 0.731. The fourth-order valence-corrected chi connectivity index (χ4v) is 1.86. The number of nitrogens with one attached hydrogen (secondary N) is 1. The second kappa shape index (κ2) is 7.85. The summed E-state index contributed by atoms with van der Waals surface area (Å²) >= 11 is 0. The minimum atomic E-state index is -0.574. The molecular formula is C15H24N2O4. The molecule has 0 aliphatic heterocycles. The van der Waals surface area contributed by atoms with Crippen LogP contribution in [0.15, 0.2) is 24.3 Å². The lowest BCUT2D eigenvalue weighted by Crippen LogP contribution is -2.31. The van der Waals surface area contributed by atoms with E-state index in [1.807, 2.05) is 12.1 Å². The van der Waals surface area contributed by atoms with Gasteiger partial charge in [0.1, 0.15) is 5.60 Å². The highest BCUT2D eigenvalue weighted by Gasteiger charge is 2.18. The van der Waals surface area contributed by atoms with E-state index in [-0.39, 0.29) is 13.2 Å². The summed E-state index contributed by atoms with van der Waals surface area (Å²) in [6.07, 6.45) is -0.539. The predicted molar refractivity (Wildman–Crippen MR) is 82.7 cm³/mol. The molecule has 0 aromatic heterocycles. The van der Waals surface area contributed by atoms with E-state index < -0.39 is 11.7 Å². The molecule has 0 unspecified atom stereocenters. The van der Waals surface area contributed by atoms with E-state index in [9.17, 15) is 4.79 Å². The van der Waals surface area contributed by atoms with E-state index in [0.29, 0.717) is 18.8 Å². The van der Waals surface area contributed by atoms with Gasteiger partial charge in [0.25, 0.3) is 0 Å². The predicted octanol–water partition coefficient (Wildman–Crippen LogP) is 1.82. The Morgan fingerprint density at radius 3 is 2.29 bits per heavy atom. The van der Waals surface area contributed by atoms with E-state index in [1.54, 1.807) is 37.8 Å². The molecule has 1 aromatic rings. The van der Waals surface area contributed by atoms with Crippen LogP contribution in [0, 0.1) is 0 Å². The van der Waals surface area contributed by atoms with Gasteiger partial charge in [0.05, 0.1) is 24.6 Å². The summed E-state index contributed by atoms with van der Waals surface area (Å²) in [5.74, 6) is 0. The molecule has 0 heterocycles. The number of hydrogen-bond donors (Lipinski definition) is 3. The zero-order valence-electron chi connectivity index (χ0n) is 12.8. The van der Waals surface area contributed by atoms with Gasteiger partial charge in [-0.25, -0.2) is 4.79 Å². The zero-order chi connectivity index (χ0) is 15.9. The molecule has 0 radical (unpaired) electrons. The van der Waals surface area contributed by atoms with Crippen molar-refractivity contribution in [1.29, 1.82) is 0 Å². The van der Waals surface area contributed by atoms with Crippen LogP contribution in [0.1, 0.15) is 20.8 Å². The Kier molecular flexibility index (Phi) is 6.45. The third kappa shape index (κ3) is 6.01. The average Bonchev–Trinajstić information content (AvgIpc) is 2.37. The van der Waals surface area contributed by atoms with Crippen molar-refractivity contribution in [3.05, 3.63) is 24.3 Å². The first-order chi connectivity index (χ1) is 9.87. The summed E-state index contributed by atoms with van der Waals surface area (Å²) in [6, 6.07) is 7.20. The van der Waals surface area contributed by atoms with Gasteiger partial charge in [-0.15, -0.1) is 0 Å². The van der Waals surface area contributed by atoms with E-state index in [1.165, 1.54) is 0 Å². The Bertz CT molecular complexity index is 451. The van der Waals surface area contributed by atoms with Crippen LogP contribution in [-0.4, -0.2) is 48.2 Å². The Morgan fingerprint density at radius 1 is 1.19 bits per heavy atom. The van der Waals surface area contributed by atoms with Crippen LogP contribution in [0.2, 0.25) is 0 Å². The molecule has 0 saturated heterocycles. The van der Waals surface area contributed by atoms with Crippen molar-refractivity contribution in [2.75, 3.05) is 36.5 Å². The van der Waals surface area contributed by atoms with Gasteiger partial charge < -0.3 is 19.8 Å². The highest BCUT2D eigenvalue weighted by molar-refractivity contribution is 5.89. The topological polar surface area (TPSA) is 82.0 Å². The van der Waals surface area contributed by atoms with E-state index in [2.05, 4.69) is 5.32 Å².